The summed E-state index contributed by atoms with van der Waals surface area (Å²) < 4.78 is 35.0. The van der Waals surface area contributed by atoms with Crippen LogP contribution in [-0.4, -0.2) is 56.6 Å². The number of hydrogen-bond donors (Lipinski definition) is 1. The van der Waals surface area contributed by atoms with Crippen molar-refractivity contribution in [3.63, 3.8) is 0 Å². The second kappa shape index (κ2) is 12.7. The molecule has 0 atom stereocenters. The van der Waals surface area contributed by atoms with Crippen molar-refractivity contribution in [2.24, 2.45) is 5.16 Å². The van der Waals surface area contributed by atoms with Crippen molar-refractivity contribution in [2.75, 3.05) is 31.9 Å². The molecule has 3 aromatic rings. The van der Waals surface area contributed by atoms with Gasteiger partial charge >= 0.3 is 0 Å². The highest BCUT2D eigenvalue weighted by atomic mass is 32.2. The summed E-state index contributed by atoms with van der Waals surface area (Å²) in [6, 6.07) is 5.93. The fourth-order valence-electron chi connectivity index (χ4n) is 2.76. The van der Waals surface area contributed by atoms with Gasteiger partial charge in [-0.05, 0) is 18.6 Å². The smallest absolute Gasteiger partial charge is 0.280 e. The van der Waals surface area contributed by atoms with E-state index in [9.17, 15) is 13.2 Å². The molecular weight excluding hydrogens is 500 g/mol. The molecule has 3 rings (SSSR count). The predicted molar refractivity (Wildman–Crippen MR) is 130 cm³/mol. The van der Waals surface area contributed by atoms with Gasteiger partial charge in [0.1, 0.15) is 5.01 Å². The normalized spacial score (nSPS) is 12.0. The van der Waals surface area contributed by atoms with Crippen molar-refractivity contribution in [3.05, 3.63) is 57.5 Å². The van der Waals surface area contributed by atoms with Crippen LogP contribution >= 0.6 is 22.7 Å². The fraction of sp³-hybridized carbons (Fsp3) is 0.333. The van der Waals surface area contributed by atoms with Crippen LogP contribution in [-0.2, 0) is 42.2 Å². The molecule has 0 saturated carbocycles. The van der Waals surface area contributed by atoms with Crippen LogP contribution in [0.3, 0.4) is 0 Å². The van der Waals surface area contributed by atoms with Crippen LogP contribution in [0.2, 0.25) is 0 Å². The van der Waals surface area contributed by atoms with E-state index in [4.69, 9.17) is 14.3 Å². The van der Waals surface area contributed by atoms with E-state index >= 15 is 0 Å². The van der Waals surface area contributed by atoms with Crippen molar-refractivity contribution in [1.29, 1.82) is 0 Å². The minimum absolute atomic E-state index is 0.0246. The maximum absolute atomic E-state index is 13.0. The molecule has 0 saturated heterocycles. The van der Waals surface area contributed by atoms with Gasteiger partial charge in [-0.15, -0.1) is 11.3 Å². The monoisotopic (exact) mass is 524 g/mol. The van der Waals surface area contributed by atoms with E-state index in [1.54, 1.807) is 19.5 Å². The molecular formula is C21H24N4O6S3. The van der Waals surface area contributed by atoms with Crippen molar-refractivity contribution >= 4 is 49.3 Å². The number of sulfone groups is 1. The number of benzene rings is 1. The quantitative estimate of drug-likeness (QED) is 0.205. The van der Waals surface area contributed by atoms with Crippen LogP contribution in [0, 0.1) is 0 Å². The van der Waals surface area contributed by atoms with Crippen LogP contribution < -0.4 is 5.32 Å². The number of carbonyl (C=O) groups excluding carboxylic acids is 1. The Kier molecular flexibility index (Phi) is 9.65. The Bertz CT molecular complexity index is 1190. The molecule has 2 aromatic heterocycles. The first-order valence-electron chi connectivity index (χ1n) is 10.1. The van der Waals surface area contributed by atoms with Crippen LogP contribution in [0.15, 0.2) is 52.1 Å². The lowest BCUT2D eigenvalue weighted by Gasteiger charge is -2.08. The zero-order valence-corrected chi connectivity index (χ0v) is 21.0. The lowest BCUT2D eigenvalue weighted by Crippen LogP contribution is -2.24. The highest BCUT2D eigenvalue weighted by Crippen LogP contribution is 2.20. The molecule has 0 fully saturated rings. The highest BCUT2D eigenvalue weighted by molar-refractivity contribution is 7.91. The lowest BCUT2D eigenvalue weighted by atomic mass is 10.1. The van der Waals surface area contributed by atoms with Gasteiger partial charge in [-0.3, -0.25) is 10.1 Å². The number of carbonyl (C=O) groups is 1. The Morgan fingerprint density at radius 1 is 1.12 bits per heavy atom. The first kappa shape index (κ1) is 25.9. The van der Waals surface area contributed by atoms with Gasteiger partial charge in [0.2, 0.25) is 0 Å². The molecule has 0 unspecified atom stereocenters. The van der Waals surface area contributed by atoms with E-state index in [0.717, 1.165) is 4.88 Å². The Morgan fingerprint density at radius 2 is 1.91 bits per heavy atom. The van der Waals surface area contributed by atoms with Crippen LogP contribution in [0.4, 0.5) is 5.13 Å². The number of methoxy groups -OCH3 is 2. The molecule has 0 aliphatic carbocycles. The van der Waals surface area contributed by atoms with Crippen molar-refractivity contribution in [3.8, 4) is 0 Å². The van der Waals surface area contributed by atoms with E-state index in [2.05, 4.69) is 20.4 Å². The number of hydrogen-bond acceptors (Lipinski definition) is 11. The number of amides is 1. The number of nitrogens with zero attached hydrogens (tertiary/aromatic N) is 3. The van der Waals surface area contributed by atoms with Crippen molar-refractivity contribution < 1.29 is 27.5 Å². The van der Waals surface area contributed by atoms with Crippen LogP contribution in [0.1, 0.15) is 21.9 Å². The van der Waals surface area contributed by atoms with E-state index in [-0.39, 0.29) is 23.0 Å². The van der Waals surface area contributed by atoms with E-state index in [1.807, 2.05) is 5.38 Å². The first-order chi connectivity index (χ1) is 16.4. The Hall–Kier alpha value is -2.71. The summed E-state index contributed by atoms with van der Waals surface area (Å²) in [4.78, 5) is 27.6. The third kappa shape index (κ3) is 7.40. The largest absolute Gasteiger partial charge is 0.388 e. The molecule has 10 nitrogen and oxygen atoms in total. The predicted octanol–water partition coefficient (Wildman–Crippen LogP) is 3.12. The third-order valence-corrected chi connectivity index (χ3v) is 7.81. The number of ether oxygens (including phenoxy) is 2. The van der Waals surface area contributed by atoms with Gasteiger partial charge in [0, 0.05) is 44.2 Å². The maximum atomic E-state index is 13.0. The number of nitrogens with one attached hydrogen (secondary N) is 1. The summed E-state index contributed by atoms with van der Waals surface area (Å²) in [5.41, 5.74) is 0.365. The molecule has 0 aliphatic rings. The molecule has 1 amide bonds. The SMILES string of the molecule is COCCCS(=O)(=O)c1ccc(C(=NOCc2nccs2)C(=O)Nc2ncc(COC)s2)cc1. The second-order valence-corrected chi connectivity index (χ2v) is 11.1. The Balaban J connectivity index is 1.79. The standard InChI is InChI=1S/C21H24N4O6S3/c1-29-9-3-11-34(27,28)17-6-4-15(5-7-17)19(25-31-14-18-22-8-10-32-18)20(26)24-21-23-12-16(33-21)13-30-2/h4-8,10,12H,3,9,11,13-14H2,1-2H3,(H,23,24,26). The number of anilines is 1. The summed E-state index contributed by atoms with van der Waals surface area (Å²) in [6.45, 7) is 0.828. The Morgan fingerprint density at radius 3 is 2.59 bits per heavy atom. The van der Waals surface area contributed by atoms with Crippen LogP contribution in [0.25, 0.3) is 0 Å². The van der Waals surface area contributed by atoms with Crippen molar-refractivity contribution in [2.45, 2.75) is 24.5 Å². The average Bonchev–Trinajstić information content (AvgIpc) is 3.49. The second-order valence-electron chi connectivity index (χ2n) is 6.85. The van der Waals surface area contributed by atoms with E-state index in [0.29, 0.717) is 35.3 Å². The minimum atomic E-state index is -3.47. The molecule has 0 spiro atoms. The molecule has 13 heteroatoms. The number of aromatic nitrogens is 2. The molecule has 1 aromatic carbocycles. The summed E-state index contributed by atoms with van der Waals surface area (Å²) in [7, 11) is -0.377. The van der Waals surface area contributed by atoms with Gasteiger partial charge in [-0.2, -0.15) is 0 Å². The molecule has 182 valence electrons. The molecule has 34 heavy (non-hydrogen) atoms. The highest BCUT2D eigenvalue weighted by Gasteiger charge is 2.20. The maximum Gasteiger partial charge on any atom is 0.280 e. The van der Waals surface area contributed by atoms with E-state index in [1.165, 1.54) is 54.0 Å². The van der Waals surface area contributed by atoms with Crippen molar-refractivity contribution in [1.82, 2.24) is 9.97 Å². The molecule has 0 aliphatic heterocycles. The van der Waals surface area contributed by atoms with Gasteiger partial charge < -0.3 is 14.3 Å². The lowest BCUT2D eigenvalue weighted by molar-refractivity contribution is -0.110. The summed E-state index contributed by atoms with van der Waals surface area (Å²) in [6.07, 6.45) is 3.65. The van der Waals surface area contributed by atoms with Gasteiger partial charge in [0.25, 0.3) is 5.91 Å². The fourth-order valence-corrected chi connectivity index (χ4v) is 5.35. The molecule has 0 radical (unpaired) electrons. The number of thiazole rings is 2. The summed E-state index contributed by atoms with van der Waals surface area (Å²) >= 11 is 2.67. The zero-order chi connectivity index (χ0) is 24.4. The number of oxime groups is 1. The summed E-state index contributed by atoms with van der Waals surface area (Å²) in [5, 5.41) is 9.60. The average molecular weight is 525 g/mol. The van der Waals surface area contributed by atoms with Gasteiger partial charge in [-0.25, -0.2) is 18.4 Å². The minimum Gasteiger partial charge on any atom is -0.388 e. The zero-order valence-electron chi connectivity index (χ0n) is 18.6. The summed E-state index contributed by atoms with van der Waals surface area (Å²) in [5.74, 6) is -0.583. The Labute approximate surface area is 205 Å². The van der Waals surface area contributed by atoms with Gasteiger partial charge in [0.15, 0.2) is 27.3 Å². The molecule has 2 heterocycles. The molecule has 0 bridgehead atoms. The molecule has 1 N–H and O–H groups in total. The topological polar surface area (TPSA) is 129 Å². The first-order valence-corrected chi connectivity index (χ1v) is 13.4. The van der Waals surface area contributed by atoms with Gasteiger partial charge in [-0.1, -0.05) is 28.6 Å². The van der Waals surface area contributed by atoms with E-state index < -0.39 is 15.7 Å². The number of rotatable bonds is 13. The van der Waals surface area contributed by atoms with Crippen LogP contribution in [0.5, 0.6) is 0 Å². The van der Waals surface area contributed by atoms with Gasteiger partial charge in [0.05, 0.1) is 22.1 Å². The third-order valence-electron chi connectivity index (χ3n) is 4.35.